The predicted octanol–water partition coefficient (Wildman–Crippen LogP) is 9.55. The Morgan fingerprint density at radius 2 is 1.26 bits per heavy atom. The van der Waals surface area contributed by atoms with Crippen molar-refractivity contribution < 1.29 is 4.42 Å². The average molecular weight is 593 g/mol. The maximum Gasteiger partial charge on any atom is 0.160 e. The van der Waals surface area contributed by atoms with E-state index < -0.39 is 0 Å². The Morgan fingerprint density at radius 1 is 0.565 bits per heavy atom. The molecule has 0 fully saturated rings. The molecule has 0 saturated carbocycles. The topological polar surface area (TPSA) is 38.9 Å². The highest BCUT2D eigenvalue weighted by Gasteiger charge is 2.36. The van der Waals surface area contributed by atoms with E-state index in [1.54, 1.807) is 0 Å². The molecular formula is C43H32N2O. The van der Waals surface area contributed by atoms with Gasteiger partial charge in [0, 0.05) is 32.7 Å². The molecule has 3 nitrogen and oxygen atoms in total. The Labute approximate surface area is 268 Å². The zero-order chi connectivity index (χ0) is 30.8. The van der Waals surface area contributed by atoms with Gasteiger partial charge in [-0.25, -0.2) is 9.97 Å². The first-order valence-electron chi connectivity index (χ1n) is 16.1. The predicted molar refractivity (Wildman–Crippen MR) is 189 cm³/mol. The maximum atomic E-state index is 6.32. The van der Waals surface area contributed by atoms with Crippen LogP contribution in [0.2, 0.25) is 0 Å². The summed E-state index contributed by atoms with van der Waals surface area (Å²) < 4.78 is 6.32. The van der Waals surface area contributed by atoms with Crippen molar-refractivity contribution in [3.8, 4) is 56.2 Å². The van der Waals surface area contributed by atoms with E-state index in [0.717, 1.165) is 62.9 Å². The molecule has 0 radical (unpaired) electrons. The maximum absolute atomic E-state index is 6.32. The Hall–Kier alpha value is -5.54. The fourth-order valence-corrected chi connectivity index (χ4v) is 7.47. The molecule has 2 aliphatic rings. The molecule has 0 aliphatic heterocycles. The first kappa shape index (κ1) is 26.8. The number of hydrogen-bond acceptors (Lipinski definition) is 3. The van der Waals surface area contributed by atoms with Crippen LogP contribution in [0, 0.1) is 0 Å². The van der Waals surface area contributed by atoms with Crippen LogP contribution in [0.4, 0.5) is 0 Å². The Bertz CT molecular complexity index is 2450. The summed E-state index contributed by atoms with van der Waals surface area (Å²) in [6.07, 6.45) is 6.55. The van der Waals surface area contributed by atoms with E-state index >= 15 is 0 Å². The Kier molecular flexibility index (Phi) is 5.98. The van der Waals surface area contributed by atoms with Gasteiger partial charge >= 0.3 is 0 Å². The molecule has 220 valence electrons. The molecule has 0 amide bonds. The van der Waals surface area contributed by atoms with E-state index in [9.17, 15) is 0 Å². The summed E-state index contributed by atoms with van der Waals surface area (Å²) in [6, 6.07) is 43.1. The minimum absolute atomic E-state index is 0.0708. The molecule has 0 atom stereocenters. The number of fused-ring (bicyclic) bond motifs is 6. The summed E-state index contributed by atoms with van der Waals surface area (Å²) >= 11 is 0. The van der Waals surface area contributed by atoms with Crippen molar-refractivity contribution in [2.45, 2.75) is 32.1 Å². The second kappa shape index (κ2) is 10.3. The highest BCUT2D eigenvalue weighted by atomic mass is 16.3. The lowest BCUT2D eigenvalue weighted by Gasteiger charge is -2.22. The molecule has 5 aromatic carbocycles. The van der Waals surface area contributed by atoms with Gasteiger partial charge in [-0.15, -0.1) is 0 Å². The average Bonchev–Trinajstić information content (AvgIpc) is 3.60. The number of furan rings is 1. The molecular weight excluding hydrogens is 560 g/mol. The van der Waals surface area contributed by atoms with Crippen LogP contribution in [-0.2, 0) is 5.41 Å². The van der Waals surface area contributed by atoms with Gasteiger partial charge in [0.25, 0.3) is 0 Å². The Balaban J connectivity index is 1.26. The summed E-state index contributed by atoms with van der Waals surface area (Å²) in [5.74, 6) is 0.702. The summed E-state index contributed by atoms with van der Waals surface area (Å²) in [5, 5.41) is 2.36. The van der Waals surface area contributed by atoms with Crippen molar-refractivity contribution in [3.63, 3.8) is 0 Å². The molecule has 7 aromatic rings. The molecule has 0 spiro atoms. The summed E-state index contributed by atoms with van der Waals surface area (Å²) in [7, 11) is 0. The lowest BCUT2D eigenvalue weighted by atomic mass is 9.81. The first-order chi connectivity index (χ1) is 22.6. The third kappa shape index (κ3) is 4.12. The highest BCUT2D eigenvalue weighted by Crippen LogP contribution is 2.52. The van der Waals surface area contributed by atoms with Crippen LogP contribution in [0.5, 0.6) is 0 Å². The van der Waals surface area contributed by atoms with E-state index in [2.05, 4.69) is 129 Å². The third-order valence-corrected chi connectivity index (χ3v) is 9.76. The van der Waals surface area contributed by atoms with E-state index in [1.165, 1.54) is 33.0 Å². The largest absolute Gasteiger partial charge is 0.456 e. The fraction of sp³-hybridized carbons (Fsp3) is 0.116. The number of aromatic nitrogens is 2. The van der Waals surface area contributed by atoms with Crippen LogP contribution in [0.15, 0.2) is 126 Å². The van der Waals surface area contributed by atoms with E-state index in [4.69, 9.17) is 14.4 Å². The number of hydrogen-bond donors (Lipinski definition) is 0. The zero-order valence-corrected chi connectivity index (χ0v) is 25.9. The lowest BCUT2D eigenvalue weighted by Crippen LogP contribution is -2.21. The van der Waals surface area contributed by atoms with Crippen molar-refractivity contribution in [2.75, 3.05) is 0 Å². The van der Waals surface area contributed by atoms with E-state index in [1.807, 2.05) is 18.2 Å². The van der Waals surface area contributed by atoms with Crippen molar-refractivity contribution in [3.05, 3.63) is 143 Å². The van der Waals surface area contributed by atoms with Gasteiger partial charge in [-0.05, 0) is 70.5 Å². The molecule has 46 heavy (non-hydrogen) atoms. The van der Waals surface area contributed by atoms with Gasteiger partial charge in [-0.2, -0.15) is 0 Å². The molecule has 0 saturated heterocycles. The van der Waals surface area contributed by atoms with Crippen LogP contribution < -0.4 is 10.6 Å². The van der Waals surface area contributed by atoms with Crippen molar-refractivity contribution in [1.29, 1.82) is 0 Å². The third-order valence-electron chi connectivity index (χ3n) is 9.76. The number of rotatable bonds is 4. The molecule has 0 unspecified atom stereocenters. The van der Waals surface area contributed by atoms with Gasteiger partial charge in [-0.1, -0.05) is 123 Å². The molecule has 2 aromatic heterocycles. The molecule has 2 aliphatic carbocycles. The van der Waals surface area contributed by atoms with Crippen LogP contribution in [0.25, 0.3) is 79.3 Å². The zero-order valence-electron chi connectivity index (χ0n) is 25.9. The minimum atomic E-state index is -0.0708. The second-order valence-electron chi connectivity index (χ2n) is 12.8. The number of benzene rings is 5. The van der Waals surface area contributed by atoms with Crippen molar-refractivity contribution >= 4 is 23.1 Å². The van der Waals surface area contributed by atoms with E-state index in [-0.39, 0.29) is 5.41 Å². The molecule has 2 heterocycles. The van der Waals surface area contributed by atoms with Gasteiger partial charge in [-0.3, -0.25) is 0 Å². The van der Waals surface area contributed by atoms with Crippen LogP contribution >= 0.6 is 0 Å². The van der Waals surface area contributed by atoms with Gasteiger partial charge in [0.1, 0.15) is 11.0 Å². The molecule has 9 rings (SSSR count). The fourth-order valence-electron chi connectivity index (χ4n) is 7.47. The van der Waals surface area contributed by atoms with Gasteiger partial charge in [0.15, 0.2) is 5.82 Å². The summed E-state index contributed by atoms with van der Waals surface area (Å²) in [6.45, 7) is 4.66. The second-order valence-corrected chi connectivity index (χ2v) is 12.8. The van der Waals surface area contributed by atoms with Gasteiger partial charge < -0.3 is 4.42 Å². The molecule has 0 N–H and O–H groups in total. The van der Waals surface area contributed by atoms with Crippen LogP contribution in [-0.4, -0.2) is 9.97 Å². The smallest absolute Gasteiger partial charge is 0.160 e. The van der Waals surface area contributed by atoms with Gasteiger partial charge in [0.05, 0.1) is 11.4 Å². The molecule has 0 bridgehead atoms. The monoisotopic (exact) mass is 592 g/mol. The number of nitrogens with zero attached hydrogens (tertiary/aromatic N) is 2. The Morgan fingerprint density at radius 3 is 2.13 bits per heavy atom. The molecule has 3 heteroatoms. The highest BCUT2D eigenvalue weighted by molar-refractivity contribution is 5.97. The SMILES string of the molecule is CC1(C)c2ccccc2-c2c(-c3ccccc3-c3cc(-c4ccc5c6c(oc5c4)=CCCC=6)nc(-c4ccccc4)n3)cccc21. The first-order valence-corrected chi connectivity index (χ1v) is 16.1. The van der Waals surface area contributed by atoms with Gasteiger partial charge in [0.2, 0.25) is 0 Å². The standard InChI is InChI=1S/C43H32N2O/c1-43(2)35-20-10-8-18-34(35)41-33(19-12-21-36(41)43)29-15-6-7-16-30(29)38-26-37(44-42(45-38)27-13-4-3-5-14-27)28-23-24-32-31-17-9-11-22-39(31)46-40(32)25-28/h3-8,10,12-26H,9,11H2,1-2H3. The van der Waals surface area contributed by atoms with E-state index in [0.29, 0.717) is 5.82 Å². The van der Waals surface area contributed by atoms with Crippen molar-refractivity contribution in [2.24, 2.45) is 0 Å². The normalized spacial score (nSPS) is 14.2. The van der Waals surface area contributed by atoms with Crippen molar-refractivity contribution in [1.82, 2.24) is 9.97 Å². The minimum Gasteiger partial charge on any atom is -0.456 e. The summed E-state index contributed by atoms with van der Waals surface area (Å²) in [5.41, 5.74) is 14.4. The van der Waals surface area contributed by atoms with Crippen LogP contribution in [0.1, 0.15) is 37.8 Å². The lowest BCUT2D eigenvalue weighted by molar-refractivity contribution is 0.572. The quantitative estimate of drug-likeness (QED) is 0.204. The summed E-state index contributed by atoms with van der Waals surface area (Å²) in [4.78, 5) is 10.4. The van der Waals surface area contributed by atoms with Crippen LogP contribution in [0.3, 0.4) is 0 Å².